The van der Waals surface area contributed by atoms with E-state index in [1.54, 1.807) is 13.2 Å². The number of carbonyl (C=O) groups excluding carboxylic acids is 2. The molecule has 7 heteroatoms. The minimum absolute atomic E-state index is 0.000366. The number of allylic oxidation sites excluding steroid dienone is 1. The van der Waals surface area contributed by atoms with Crippen molar-refractivity contribution in [1.29, 1.82) is 0 Å². The number of urea groups is 1. The average Bonchev–Trinajstić information content (AvgIpc) is 2.99. The minimum atomic E-state index is -0.615. The van der Waals surface area contributed by atoms with E-state index in [-0.39, 0.29) is 17.9 Å². The third-order valence-electron chi connectivity index (χ3n) is 8.13. The second kappa shape index (κ2) is 9.62. The molecule has 2 saturated heterocycles. The van der Waals surface area contributed by atoms with Crippen LogP contribution in [0.3, 0.4) is 0 Å². The van der Waals surface area contributed by atoms with Crippen LogP contribution < -0.4 is 0 Å². The van der Waals surface area contributed by atoms with Gasteiger partial charge in [-0.2, -0.15) is 0 Å². The number of likely N-dealkylation sites (N-methyl/N-ethyl adjacent to an activating group) is 1. The lowest BCUT2D eigenvalue weighted by atomic mass is 9.81. The number of likely N-dealkylation sites (tertiary alicyclic amines) is 1. The zero-order chi connectivity index (χ0) is 25.4. The summed E-state index contributed by atoms with van der Waals surface area (Å²) in [6.45, 7) is 6.33. The van der Waals surface area contributed by atoms with E-state index in [1.165, 1.54) is 0 Å². The van der Waals surface area contributed by atoms with E-state index in [9.17, 15) is 14.7 Å². The summed E-state index contributed by atoms with van der Waals surface area (Å²) in [7, 11) is 1.62. The van der Waals surface area contributed by atoms with Gasteiger partial charge in [0, 0.05) is 43.7 Å². The number of methoxy groups -OCH3 is 1. The Morgan fingerprint density at radius 2 is 1.94 bits per heavy atom. The first-order valence-electron chi connectivity index (χ1n) is 12.9. The average molecular weight is 490 g/mol. The first-order valence-corrected chi connectivity index (χ1v) is 12.9. The van der Waals surface area contributed by atoms with Gasteiger partial charge >= 0.3 is 6.03 Å². The number of rotatable bonds is 4. The maximum atomic E-state index is 13.7. The monoisotopic (exact) mass is 489 g/mol. The van der Waals surface area contributed by atoms with Gasteiger partial charge < -0.3 is 19.6 Å². The zero-order valence-electron chi connectivity index (χ0n) is 21.3. The van der Waals surface area contributed by atoms with Crippen LogP contribution in [0.1, 0.15) is 38.7 Å². The third kappa shape index (κ3) is 4.05. The van der Waals surface area contributed by atoms with Gasteiger partial charge in [0.25, 0.3) is 0 Å². The molecule has 7 nitrogen and oxygen atoms in total. The number of piperidine rings is 1. The van der Waals surface area contributed by atoms with Crippen LogP contribution in [0.25, 0.3) is 6.08 Å². The highest BCUT2D eigenvalue weighted by Crippen LogP contribution is 2.47. The molecule has 2 unspecified atom stereocenters. The van der Waals surface area contributed by atoms with Gasteiger partial charge in [-0.15, -0.1) is 0 Å². The van der Waals surface area contributed by atoms with Gasteiger partial charge in [0.2, 0.25) is 5.91 Å². The molecule has 1 spiro atoms. The minimum Gasteiger partial charge on any atom is -0.501 e. The molecule has 2 atom stereocenters. The molecule has 1 aromatic rings. The van der Waals surface area contributed by atoms with Crippen LogP contribution in [-0.4, -0.2) is 76.7 Å². The quantitative estimate of drug-likeness (QED) is 0.651. The molecule has 3 amide bonds. The molecule has 36 heavy (non-hydrogen) atoms. The van der Waals surface area contributed by atoms with Crippen molar-refractivity contribution in [2.45, 2.75) is 44.8 Å². The summed E-state index contributed by atoms with van der Waals surface area (Å²) < 4.78 is 5.45. The largest absolute Gasteiger partial charge is 0.501 e. The molecule has 1 aromatic carbocycles. The molecule has 0 saturated carbocycles. The highest BCUT2D eigenvalue weighted by atomic mass is 16.5. The van der Waals surface area contributed by atoms with Crippen molar-refractivity contribution in [3.05, 3.63) is 76.7 Å². The van der Waals surface area contributed by atoms with E-state index in [0.717, 1.165) is 28.2 Å². The number of ether oxygens (including phenoxy) is 1. The number of aliphatic hydroxyl groups is 1. The predicted molar refractivity (Wildman–Crippen MR) is 138 cm³/mol. The maximum Gasteiger partial charge on any atom is 0.325 e. The smallest absolute Gasteiger partial charge is 0.325 e. The third-order valence-corrected chi connectivity index (χ3v) is 8.13. The summed E-state index contributed by atoms with van der Waals surface area (Å²) in [5.74, 6) is 0.735. The van der Waals surface area contributed by atoms with E-state index < -0.39 is 11.6 Å². The first kappa shape index (κ1) is 24.4. The number of fused-ring (bicyclic) bond motifs is 2. The number of carbonyl (C=O) groups is 2. The lowest BCUT2D eigenvalue weighted by molar-refractivity contribution is -0.127. The molecule has 2 fully saturated rings. The topological polar surface area (TPSA) is 73.3 Å². The number of nitrogens with zero attached hydrogens (tertiary/aromatic N) is 3. The molecule has 1 N–H and O–H groups in total. The van der Waals surface area contributed by atoms with Crippen molar-refractivity contribution in [1.82, 2.24) is 14.7 Å². The van der Waals surface area contributed by atoms with Crippen molar-refractivity contribution in [2.75, 3.05) is 33.3 Å². The molecule has 5 rings (SSSR count). The highest BCUT2D eigenvalue weighted by Gasteiger charge is 2.55. The molecule has 1 aliphatic carbocycles. The summed E-state index contributed by atoms with van der Waals surface area (Å²) in [5, 5.41) is 10.9. The van der Waals surface area contributed by atoms with Crippen LogP contribution in [0.4, 0.5) is 4.79 Å². The summed E-state index contributed by atoms with van der Waals surface area (Å²) in [4.78, 5) is 32.3. The van der Waals surface area contributed by atoms with Crippen molar-refractivity contribution in [3.63, 3.8) is 0 Å². The Labute approximate surface area is 213 Å². The van der Waals surface area contributed by atoms with E-state index in [0.29, 0.717) is 45.4 Å². The van der Waals surface area contributed by atoms with Gasteiger partial charge in [0.15, 0.2) is 0 Å². The molecular weight excluding hydrogens is 454 g/mol. The van der Waals surface area contributed by atoms with Gasteiger partial charge in [-0.05, 0) is 48.6 Å². The molecule has 4 aliphatic rings. The molecule has 3 heterocycles. The van der Waals surface area contributed by atoms with Crippen molar-refractivity contribution in [2.24, 2.45) is 5.92 Å². The van der Waals surface area contributed by atoms with Crippen LogP contribution in [0.2, 0.25) is 0 Å². The van der Waals surface area contributed by atoms with E-state index in [4.69, 9.17) is 4.74 Å². The second-order valence-corrected chi connectivity index (χ2v) is 10.1. The Balaban J connectivity index is 1.39. The highest BCUT2D eigenvalue weighted by molar-refractivity contribution is 5.92. The first-order chi connectivity index (χ1) is 17.4. The van der Waals surface area contributed by atoms with Crippen LogP contribution in [0, 0.1) is 5.92 Å². The Bertz CT molecular complexity index is 1160. The van der Waals surface area contributed by atoms with E-state index in [1.807, 2.05) is 64.1 Å². The number of aliphatic hydroxyl groups excluding tert-OH is 1. The fourth-order valence-corrected chi connectivity index (χ4v) is 6.34. The van der Waals surface area contributed by atoms with E-state index >= 15 is 0 Å². The van der Waals surface area contributed by atoms with Crippen LogP contribution >= 0.6 is 0 Å². The molecule has 0 aromatic heterocycles. The van der Waals surface area contributed by atoms with Crippen molar-refractivity contribution in [3.8, 4) is 0 Å². The van der Waals surface area contributed by atoms with Crippen molar-refractivity contribution < 1.29 is 19.4 Å². The van der Waals surface area contributed by atoms with Gasteiger partial charge in [-0.1, -0.05) is 43.3 Å². The maximum absolute atomic E-state index is 13.7. The van der Waals surface area contributed by atoms with Gasteiger partial charge in [-0.3, -0.25) is 9.69 Å². The van der Waals surface area contributed by atoms with Gasteiger partial charge in [0.1, 0.15) is 0 Å². The Kier molecular flexibility index (Phi) is 6.51. The zero-order valence-corrected chi connectivity index (χ0v) is 21.3. The summed E-state index contributed by atoms with van der Waals surface area (Å²) >= 11 is 0. The fraction of sp³-hybridized carbons (Fsp3) is 0.448. The summed E-state index contributed by atoms with van der Waals surface area (Å²) in [6, 6.07) is 9.81. The Morgan fingerprint density at radius 3 is 2.61 bits per heavy atom. The van der Waals surface area contributed by atoms with Crippen LogP contribution in [0.15, 0.2) is 71.2 Å². The standard InChI is InChI=1S/C29H35N3O4/c1-4-32-28(35)31-19-22-17-23(36-3)18-24(33)27(22)20(2)16-25(31)29(32)12-14-30(15-13-29)26(34)11-10-21-8-6-5-7-9-21/h5-11,16-17,20,24,33H,4,12-15,18-19H2,1-3H3. The second-order valence-electron chi connectivity index (χ2n) is 10.1. The van der Waals surface area contributed by atoms with Gasteiger partial charge in [0.05, 0.1) is 31.1 Å². The predicted octanol–water partition coefficient (Wildman–Crippen LogP) is 3.94. The van der Waals surface area contributed by atoms with Crippen LogP contribution in [0.5, 0.6) is 0 Å². The molecule has 190 valence electrons. The van der Waals surface area contributed by atoms with Gasteiger partial charge in [-0.25, -0.2) is 4.79 Å². The summed E-state index contributed by atoms with van der Waals surface area (Å²) in [6.07, 6.45) is 8.89. The Morgan fingerprint density at radius 1 is 1.22 bits per heavy atom. The van der Waals surface area contributed by atoms with E-state index in [2.05, 4.69) is 13.0 Å². The van der Waals surface area contributed by atoms with Crippen LogP contribution in [-0.2, 0) is 9.53 Å². The molecule has 0 bridgehead atoms. The number of hydrogen-bond acceptors (Lipinski definition) is 4. The fourth-order valence-electron chi connectivity index (χ4n) is 6.34. The molecular formula is C29H35N3O4. The summed E-state index contributed by atoms with van der Waals surface area (Å²) in [5.41, 5.74) is 3.51. The van der Waals surface area contributed by atoms with Crippen molar-refractivity contribution >= 4 is 18.0 Å². The molecule has 3 aliphatic heterocycles. The Hall–Kier alpha value is -3.32. The SMILES string of the molecule is CCN1C(=O)N2CC3=C(C(C)C=C2C12CCN(C(=O)C=Cc1ccccc1)CC2)C(O)CC(OC)=C3. The number of benzene rings is 1. The number of amides is 3. The number of hydrogen-bond donors (Lipinski definition) is 1. The lowest BCUT2D eigenvalue weighted by Gasteiger charge is -2.44. The lowest BCUT2D eigenvalue weighted by Crippen LogP contribution is -2.54. The molecule has 0 radical (unpaired) electrons. The normalized spacial score (nSPS) is 25.6.